The molecule has 2 rings (SSSR count). The zero-order chi connectivity index (χ0) is 16.8. The van der Waals surface area contributed by atoms with Crippen LogP contribution in [-0.2, 0) is 11.3 Å². The van der Waals surface area contributed by atoms with Crippen LogP contribution in [0.15, 0.2) is 53.0 Å². The average molecular weight is 397 g/mol. The first kappa shape index (κ1) is 18.0. The Balaban J connectivity index is 1.85. The van der Waals surface area contributed by atoms with Crippen LogP contribution in [0.2, 0.25) is 5.02 Å². The van der Waals surface area contributed by atoms with Gasteiger partial charge < -0.3 is 10.2 Å². The largest absolute Gasteiger partial charge is 0.345 e. The molecule has 122 valence electrons. The van der Waals surface area contributed by atoms with E-state index in [2.05, 4.69) is 33.4 Å². The molecule has 0 saturated carbocycles. The Kier molecular flexibility index (Phi) is 6.63. The second kappa shape index (κ2) is 8.48. The maximum atomic E-state index is 12.2. The summed E-state index contributed by atoms with van der Waals surface area (Å²) in [4.78, 5) is 13.3. The monoisotopic (exact) mass is 395 g/mol. The molecule has 2 aromatic rings. The molecule has 2 aromatic carbocycles. The van der Waals surface area contributed by atoms with E-state index < -0.39 is 0 Å². The molecule has 23 heavy (non-hydrogen) atoms. The van der Waals surface area contributed by atoms with Gasteiger partial charge in [0.2, 0.25) is 0 Å². The fourth-order valence-electron chi connectivity index (χ4n) is 2.44. The van der Waals surface area contributed by atoms with Crippen molar-refractivity contribution in [2.24, 2.45) is 0 Å². The first-order valence-corrected chi connectivity index (χ1v) is 8.71. The first-order valence-electron chi connectivity index (χ1n) is 7.54. The molecule has 0 saturated heterocycles. The second-order valence-corrected chi connectivity index (χ2v) is 7.13. The molecule has 0 bridgehead atoms. The van der Waals surface area contributed by atoms with Gasteiger partial charge >= 0.3 is 0 Å². The molecule has 2 N–H and O–H groups in total. The molecular weight excluding hydrogens is 376 g/mol. The summed E-state index contributed by atoms with van der Waals surface area (Å²) in [6, 6.07) is 15.7. The lowest BCUT2D eigenvalue weighted by Gasteiger charge is -2.17. The van der Waals surface area contributed by atoms with E-state index in [0.29, 0.717) is 11.6 Å². The molecule has 3 nitrogen and oxygen atoms in total. The number of hydrogen-bond donors (Lipinski definition) is 2. The van der Waals surface area contributed by atoms with Crippen molar-refractivity contribution in [3.05, 3.63) is 69.2 Å². The molecule has 2 atom stereocenters. The summed E-state index contributed by atoms with van der Waals surface area (Å²) in [6.45, 7) is 3.21. The smallest absolute Gasteiger partial charge is 0.275 e. The van der Waals surface area contributed by atoms with Crippen LogP contribution in [0.1, 0.15) is 24.1 Å². The number of rotatable bonds is 6. The van der Waals surface area contributed by atoms with Crippen molar-refractivity contribution in [3.63, 3.8) is 0 Å². The van der Waals surface area contributed by atoms with Crippen molar-refractivity contribution in [2.45, 2.75) is 19.5 Å². The molecular formula is C18H21BrClN2O+. The number of quaternary nitrogens is 1. The fraction of sp³-hybridized carbons (Fsp3) is 0.278. The normalized spacial score (nSPS) is 13.4. The van der Waals surface area contributed by atoms with Gasteiger partial charge in [-0.3, -0.25) is 4.79 Å². The first-order chi connectivity index (χ1) is 10.9. The van der Waals surface area contributed by atoms with Crippen LogP contribution in [0.25, 0.3) is 0 Å². The average Bonchev–Trinajstić information content (AvgIpc) is 2.49. The summed E-state index contributed by atoms with van der Waals surface area (Å²) < 4.78 is 1.06. The standard InChI is InChI=1S/C18H20BrClN2O/c1-13(15-4-3-5-17(20)10-15)21-18(23)12-22(2)11-14-6-8-16(19)9-7-14/h3-10,13H,11-12H2,1-2H3,(H,21,23)/p+1/t13-/m1/s1. The van der Waals surface area contributed by atoms with Gasteiger partial charge in [0.1, 0.15) is 6.54 Å². The third-order valence-corrected chi connectivity index (χ3v) is 4.37. The van der Waals surface area contributed by atoms with E-state index in [1.807, 2.05) is 50.4 Å². The Labute approximate surface area is 150 Å². The maximum absolute atomic E-state index is 12.2. The van der Waals surface area contributed by atoms with Gasteiger partial charge in [0.15, 0.2) is 6.54 Å². The van der Waals surface area contributed by atoms with Crippen molar-refractivity contribution in [1.82, 2.24) is 5.32 Å². The molecule has 1 amide bonds. The number of amides is 1. The number of benzene rings is 2. The second-order valence-electron chi connectivity index (χ2n) is 5.78. The number of likely N-dealkylation sites (N-methyl/N-ethyl adjacent to an activating group) is 1. The van der Waals surface area contributed by atoms with Crippen LogP contribution < -0.4 is 10.2 Å². The molecule has 0 aliphatic rings. The predicted molar refractivity (Wildman–Crippen MR) is 97.6 cm³/mol. The van der Waals surface area contributed by atoms with E-state index in [1.165, 1.54) is 5.56 Å². The molecule has 0 radical (unpaired) electrons. The van der Waals surface area contributed by atoms with Gasteiger partial charge in [-0.25, -0.2) is 0 Å². The van der Waals surface area contributed by atoms with Gasteiger partial charge in [0.25, 0.3) is 5.91 Å². The zero-order valence-electron chi connectivity index (χ0n) is 13.3. The molecule has 1 unspecified atom stereocenters. The highest BCUT2D eigenvalue weighted by Gasteiger charge is 2.14. The third-order valence-electron chi connectivity index (χ3n) is 3.61. The van der Waals surface area contributed by atoms with Crippen molar-refractivity contribution < 1.29 is 9.69 Å². The molecule has 0 spiro atoms. The van der Waals surface area contributed by atoms with Crippen LogP contribution >= 0.6 is 27.5 Å². The number of nitrogens with one attached hydrogen (secondary N) is 2. The lowest BCUT2D eigenvalue weighted by Crippen LogP contribution is -3.08. The topological polar surface area (TPSA) is 33.5 Å². The van der Waals surface area contributed by atoms with Crippen LogP contribution in [0, 0.1) is 0 Å². The van der Waals surface area contributed by atoms with Crippen molar-refractivity contribution in [1.29, 1.82) is 0 Å². The van der Waals surface area contributed by atoms with Gasteiger partial charge in [0, 0.05) is 15.1 Å². The molecule has 0 aliphatic carbocycles. The van der Waals surface area contributed by atoms with E-state index in [0.717, 1.165) is 21.5 Å². The van der Waals surface area contributed by atoms with E-state index in [9.17, 15) is 4.79 Å². The Morgan fingerprint density at radius 2 is 1.96 bits per heavy atom. The van der Waals surface area contributed by atoms with Crippen LogP contribution in [0.3, 0.4) is 0 Å². The van der Waals surface area contributed by atoms with Crippen LogP contribution in [0.4, 0.5) is 0 Å². The quantitative estimate of drug-likeness (QED) is 0.773. The highest BCUT2D eigenvalue weighted by atomic mass is 79.9. The predicted octanol–water partition coefficient (Wildman–Crippen LogP) is 2.99. The van der Waals surface area contributed by atoms with Crippen LogP contribution in [0.5, 0.6) is 0 Å². The number of hydrogen-bond acceptors (Lipinski definition) is 1. The van der Waals surface area contributed by atoms with Crippen LogP contribution in [-0.4, -0.2) is 19.5 Å². The third kappa shape index (κ3) is 5.98. The van der Waals surface area contributed by atoms with E-state index in [-0.39, 0.29) is 11.9 Å². The SMILES string of the molecule is C[C@@H](NC(=O)C[NH+](C)Cc1ccc(Br)cc1)c1cccc(Cl)c1. The number of halogens is 2. The lowest BCUT2D eigenvalue weighted by molar-refractivity contribution is -0.885. The van der Waals surface area contributed by atoms with Gasteiger partial charge in [-0.1, -0.05) is 51.8 Å². The maximum Gasteiger partial charge on any atom is 0.275 e. The summed E-state index contributed by atoms with van der Waals surface area (Å²) in [6.07, 6.45) is 0. The molecule has 0 aromatic heterocycles. The van der Waals surface area contributed by atoms with E-state index in [4.69, 9.17) is 11.6 Å². The Morgan fingerprint density at radius 1 is 1.26 bits per heavy atom. The summed E-state index contributed by atoms with van der Waals surface area (Å²) in [5.41, 5.74) is 2.22. The Hall–Kier alpha value is -1.36. The highest BCUT2D eigenvalue weighted by molar-refractivity contribution is 9.10. The highest BCUT2D eigenvalue weighted by Crippen LogP contribution is 2.17. The van der Waals surface area contributed by atoms with Gasteiger partial charge in [-0.15, -0.1) is 0 Å². The Morgan fingerprint density at radius 3 is 2.61 bits per heavy atom. The van der Waals surface area contributed by atoms with Crippen molar-refractivity contribution in [3.8, 4) is 0 Å². The van der Waals surface area contributed by atoms with Gasteiger partial charge in [-0.2, -0.15) is 0 Å². The summed E-state index contributed by atoms with van der Waals surface area (Å²) in [5.74, 6) is 0.0343. The lowest BCUT2D eigenvalue weighted by atomic mass is 10.1. The van der Waals surface area contributed by atoms with E-state index >= 15 is 0 Å². The van der Waals surface area contributed by atoms with E-state index in [1.54, 1.807) is 0 Å². The summed E-state index contributed by atoms with van der Waals surface area (Å²) >= 11 is 9.42. The van der Waals surface area contributed by atoms with Gasteiger partial charge in [0.05, 0.1) is 13.1 Å². The Bertz CT molecular complexity index is 660. The number of carbonyl (C=O) groups is 1. The molecule has 5 heteroatoms. The molecule has 0 heterocycles. The fourth-order valence-corrected chi connectivity index (χ4v) is 2.90. The van der Waals surface area contributed by atoms with Crippen molar-refractivity contribution >= 4 is 33.4 Å². The minimum atomic E-state index is -0.0540. The summed E-state index contributed by atoms with van der Waals surface area (Å²) in [5, 5.41) is 3.71. The van der Waals surface area contributed by atoms with Crippen molar-refractivity contribution in [2.75, 3.05) is 13.6 Å². The molecule has 0 aliphatic heterocycles. The zero-order valence-corrected chi connectivity index (χ0v) is 15.6. The number of carbonyl (C=O) groups excluding carboxylic acids is 1. The summed E-state index contributed by atoms with van der Waals surface area (Å²) in [7, 11) is 2.02. The molecule has 0 fully saturated rings. The minimum Gasteiger partial charge on any atom is -0.345 e. The minimum absolute atomic E-state index is 0.0343. The van der Waals surface area contributed by atoms with Gasteiger partial charge in [-0.05, 0) is 36.8 Å².